The third-order valence-electron chi connectivity index (χ3n) is 2.29. The van der Waals surface area contributed by atoms with Gasteiger partial charge in [0.25, 0.3) is 10.5 Å². The molecule has 0 aliphatic heterocycles. The Balaban J connectivity index is 5.84. The van der Waals surface area contributed by atoms with E-state index in [4.69, 9.17) is 31.0 Å². The van der Waals surface area contributed by atoms with E-state index < -0.39 is 33.5 Å². The van der Waals surface area contributed by atoms with E-state index in [2.05, 4.69) is 44.9 Å². The molecule has 0 heterocycles. The fourth-order valence-electron chi connectivity index (χ4n) is 1.14. The van der Waals surface area contributed by atoms with E-state index in [0.29, 0.717) is 0 Å². The summed E-state index contributed by atoms with van der Waals surface area (Å²) in [5.41, 5.74) is 7.07. The minimum atomic E-state index is -1.77. The van der Waals surface area contributed by atoms with Crippen molar-refractivity contribution in [3.8, 4) is 34.4 Å². The molecule has 0 amide bonds. The molecule has 128 valence electrons. The predicted octanol–water partition coefficient (Wildman–Crippen LogP) is -1.20. The zero-order valence-electron chi connectivity index (χ0n) is 14.4. The molecule has 0 saturated heterocycles. The van der Waals surface area contributed by atoms with Crippen LogP contribution < -0.4 is 0 Å². The van der Waals surface area contributed by atoms with Crippen LogP contribution in [0.15, 0.2) is 0 Å². The highest BCUT2D eigenvalue weighted by Crippen LogP contribution is 2.07. The minimum Gasteiger partial charge on any atom is -0.387 e. The van der Waals surface area contributed by atoms with Gasteiger partial charge in [-0.15, -0.1) is 0 Å². The van der Waals surface area contributed by atoms with E-state index >= 15 is 0 Å². The second kappa shape index (κ2) is 13.5. The highest BCUT2D eigenvalue weighted by Gasteiger charge is 2.25. The van der Waals surface area contributed by atoms with Crippen molar-refractivity contribution < 1.29 is 31.0 Å². The molecular formula is C13H18O7Si4. The average molecular weight is 399 g/mol. The number of rotatable bonds is 7. The molecule has 0 atom stereocenters. The van der Waals surface area contributed by atoms with Gasteiger partial charge in [0, 0.05) is 42.7 Å². The summed E-state index contributed by atoms with van der Waals surface area (Å²) in [6.45, 7) is 0. The van der Waals surface area contributed by atoms with E-state index in [1.165, 1.54) is 42.7 Å². The summed E-state index contributed by atoms with van der Waals surface area (Å²) < 4.78 is 36.0. The Morgan fingerprint density at radius 1 is 0.583 bits per heavy atom. The van der Waals surface area contributed by atoms with Crippen LogP contribution in [0.5, 0.6) is 0 Å². The second-order valence-corrected chi connectivity index (χ2v) is 8.75. The molecule has 0 fully saturated rings. The molecule has 0 aromatic heterocycles. The largest absolute Gasteiger partial charge is 0.482 e. The Morgan fingerprint density at radius 2 is 0.833 bits per heavy atom. The molecule has 0 aliphatic carbocycles. The van der Waals surface area contributed by atoms with Crippen LogP contribution in [0.3, 0.4) is 0 Å². The minimum absolute atomic E-state index is 1.44. The molecule has 0 aromatic carbocycles. The van der Waals surface area contributed by atoms with E-state index in [1.54, 1.807) is 0 Å². The molecular weight excluding hydrogens is 380 g/mol. The van der Waals surface area contributed by atoms with Crippen LogP contribution in [0.2, 0.25) is 0 Å². The molecule has 0 saturated carbocycles. The third kappa shape index (κ3) is 8.39. The summed E-state index contributed by atoms with van der Waals surface area (Å²) in [6, 6.07) is 0. The lowest BCUT2D eigenvalue weighted by atomic mass is 10.1. The molecule has 0 rings (SSSR count). The first-order valence-electron chi connectivity index (χ1n) is 6.33. The first kappa shape index (κ1) is 23.3. The summed E-state index contributed by atoms with van der Waals surface area (Å²) in [6.07, 6.45) is 0. The van der Waals surface area contributed by atoms with Crippen LogP contribution in [0.1, 0.15) is 0 Å². The summed E-state index contributed by atoms with van der Waals surface area (Å²) in [5.74, 6) is 8.49. The second-order valence-electron chi connectivity index (χ2n) is 3.62. The zero-order chi connectivity index (χ0) is 18.4. The van der Waals surface area contributed by atoms with Gasteiger partial charge in [0.1, 0.15) is 0 Å². The zero-order valence-corrected chi connectivity index (χ0v) is 18.4. The lowest BCUT2D eigenvalue weighted by Crippen LogP contribution is -2.30. The Labute approximate surface area is 152 Å². The van der Waals surface area contributed by atoms with Gasteiger partial charge in [0.05, 0.1) is 0 Å². The van der Waals surface area contributed by atoms with Crippen LogP contribution in [0.25, 0.3) is 0 Å². The number of hydrogen-bond acceptors (Lipinski definition) is 7. The molecule has 7 nitrogen and oxygen atoms in total. The van der Waals surface area contributed by atoms with Crippen molar-refractivity contribution in [1.82, 2.24) is 0 Å². The van der Waals surface area contributed by atoms with Crippen LogP contribution >= 0.6 is 0 Å². The maximum absolute atomic E-state index is 5.26. The van der Waals surface area contributed by atoms with Gasteiger partial charge < -0.3 is 31.0 Å². The van der Waals surface area contributed by atoms with Crippen molar-refractivity contribution in [2.24, 2.45) is 0 Å². The molecule has 24 heavy (non-hydrogen) atoms. The van der Waals surface area contributed by atoms with E-state index in [0.717, 1.165) is 0 Å². The summed E-state index contributed by atoms with van der Waals surface area (Å²) in [4.78, 5) is 0. The maximum Gasteiger partial charge on any atom is 0.482 e. The number of hydrogen-bond donors (Lipinski definition) is 0. The summed E-state index contributed by atoms with van der Waals surface area (Å²) >= 11 is 0. The normalized spacial score (nSPS) is 10.8. The van der Waals surface area contributed by atoms with E-state index in [1.807, 2.05) is 0 Å². The van der Waals surface area contributed by atoms with Crippen molar-refractivity contribution in [1.29, 1.82) is 0 Å². The average Bonchev–Trinajstić information content (AvgIpc) is 2.63. The summed E-state index contributed by atoms with van der Waals surface area (Å²) in [5, 5.41) is 0. The van der Waals surface area contributed by atoms with Gasteiger partial charge in [-0.2, -0.15) is 0 Å². The van der Waals surface area contributed by atoms with Gasteiger partial charge >= 0.3 is 27.9 Å². The monoisotopic (exact) mass is 398 g/mol. The first-order valence-corrected chi connectivity index (χ1v) is 10.7. The van der Waals surface area contributed by atoms with Crippen molar-refractivity contribution in [2.45, 2.75) is 5.60 Å². The van der Waals surface area contributed by atoms with Gasteiger partial charge in [-0.05, 0) is 17.8 Å². The van der Waals surface area contributed by atoms with Crippen molar-refractivity contribution in [3.05, 3.63) is 0 Å². The molecule has 0 aliphatic rings. The Hall–Kier alpha value is -0.732. The lowest BCUT2D eigenvalue weighted by Gasteiger charge is -2.15. The Morgan fingerprint density at radius 3 is 1.00 bits per heavy atom. The lowest BCUT2D eigenvalue weighted by molar-refractivity contribution is 0.273. The van der Waals surface area contributed by atoms with E-state index in [-0.39, 0.29) is 0 Å². The van der Waals surface area contributed by atoms with Crippen LogP contribution in [0.4, 0.5) is 0 Å². The molecule has 0 spiro atoms. The highest BCUT2D eigenvalue weighted by atomic mass is 28.3. The molecule has 0 bridgehead atoms. The van der Waals surface area contributed by atoms with Gasteiger partial charge in [0.15, 0.2) is 0 Å². The summed E-state index contributed by atoms with van der Waals surface area (Å²) in [7, 11) is 6.73. The standard InChI is InChI=1S/C13H18O7Si4/c1-14-22(15-2)10-7-13(20-21,8-11-23(16-3)17-4)9-12-24(18-5)19-6/h1-6H3. The Kier molecular flexibility index (Phi) is 13.1. The quantitative estimate of drug-likeness (QED) is 0.394. The van der Waals surface area contributed by atoms with Gasteiger partial charge in [-0.1, -0.05) is 16.6 Å². The maximum atomic E-state index is 5.26. The van der Waals surface area contributed by atoms with Gasteiger partial charge in [-0.25, -0.2) is 0 Å². The fourth-order valence-corrected chi connectivity index (χ4v) is 3.24. The highest BCUT2D eigenvalue weighted by molar-refractivity contribution is 6.55. The molecule has 11 heteroatoms. The predicted molar refractivity (Wildman–Crippen MR) is 92.2 cm³/mol. The molecule has 0 N–H and O–H groups in total. The first-order chi connectivity index (χ1) is 11.5. The van der Waals surface area contributed by atoms with Crippen molar-refractivity contribution in [2.75, 3.05) is 42.7 Å². The van der Waals surface area contributed by atoms with E-state index in [9.17, 15) is 0 Å². The molecule has 0 aromatic rings. The molecule has 0 unspecified atom stereocenters. The van der Waals surface area contributed by atoms with Crippen LogP contribution in [-0.2, 0) is 31.0 Å². The van der Waals surface area contributed by atoms with Crippen LogP contribution in [0, 0.1) is 34.4 Å². The van der Waals surface area contributed by atoms with Gasteiger partial charge in [0.2, 0.25) is 5.60 Å². The topological polar surface area (TPSA) is 64.6 Å². The van der Waals surface area contributed by atoms with Crippen molar-refractivity contribution >= 4 is 38.3 Å². The van der Waals surface area contributed by atoms with Crippen molar-refractivity contribution in [3.63, 3.8) is 0 Å². The van der Waals surface area contributed by atoms with Crippen LogP contribution in [-0.4, -0.2) is 86.6 Å². The third-order valence-corrected chi connectivity index (χ3v) is 5.81. The Bertz CT molecular complexity index is 454. The smallest absolute Gasteiger partial charge is 0.387 e. The molecule has 6 radical (unpaired) electrons. The fraction of sp³-hybridized carbons (Fsp3) is 0.538. The van der Waals surface area contributed by atoms with Gasteiger partial charge in [-0.3, -0.25) is 0 Å². The SMILES string of the molecule is CO[Si](C#CC(C#C[Si](OC)OC)(C#C[Si](OC)OC)O[Si])OC.